The number of anilines is 1. The Morgan fingerprint density at radius 1 is 1.25 bits per heavy atom. The van der Waals surface area contributed by atoms with Crippen LogP contribution in [0.15, 0.2) is 18.2 Å². The van der Waals surface area contributed by atoms with Crippen LogP contribution in [0.3, 0.4) is 0 Å². The van der Waals surface area contributed by atoms with E-state index in [2.05, 4.69) is 5.32 Å². The van der Waals surface area contributed by atoms with Gasteiger partial charge in [-0.15, -0.1) is 0 Å². The van der Waals surface area contributed by atoms with Crippen LogP contribution in [0.2, 0.25) is 5.02 Å². The Hall–Kier alpha value is -0.770. The summed E-state index contributed by atoms with van der Waals surface area (Å²) in [5.74, 6) is 0. The topological polar surface area (TPSA) is 30.5 Å². The predicted molar refractivity (Wildman–Crippen MR) is 67.1 cm³/mol. The molecule has 1 atom stereocenters. The summed E-state index contributed by atoms with van der Waals surface area (Å²) >= 11 is 6.09. The average Bonchev–Trinajstić information content (AvgIpc) is 2.25. The lowest BCUT2D eigenvalue weighted by atomic mass is 10.2. The number of benzene rings is 1. The smallest absolute Gasteiger partial charge is 0.176 e. The molecule has 1 N–H and O–H groups in total. The fourth-order valence-corrected chi connectivity index (χ4v) is 1.74. The molecule has 90 valence electrons. The van der Waals surface area contributed by atoms with Crippen molar-refractivity contribution in [2.45, 2.75) is 26.2 Å². The first-order valence-corrected chi connectivity index (χ1v) is 5.54. The van der Waals surface area contributed by atoms with Crippen LogP contribution < -0.4 is 5.32 Å². The second-order valence-corrected chi connectivity index (χ2v) is 4.16. The molecule has 1 rings (SSSR count). The number of aryl methyl sites for hydroxylation is 1. The van der Waals surface area contributed by atoms with E-state index in [0.29, 0.717) is 5.02 Å². The molecule has 0 saturated heterocycles. The second kappa shape index (κ2) is 6.09. The molecule has 0 saturated carbocycles. The van der Waals surface area contributed by atoms with E-state index < -0.39 is 0 Å². The first kappa shape index (κ1) is 13.3. The summed E-state index contributed by atoms with van der Waals surface area (Å²) in [6.45, 7) is 4.01. The quantitative estimate of drug-likeness (QED) is 0.807. The summed E-state index contributed by atoms with van der Waals surface area (Å²) in [6, 6.07) is 5.87. The van der Waals surface area contributed by atoms with Crippen LogP contribution in [-0.2, 0) is 9.47 Å². The van der Waals surface area contributed by atoms with E-state index in [-0.39, 0.29) is 12.3 Å². The lowest BCUT2D eigenvalue weighted by Gasteiger charge is -2.23. The number of halogens is 1. The molecule has 0 bridgehead atoms. The van der Waals surface area contributed by atoms with E-state index in [1.165, 1.54) is 0 Å². The minimum Gasteiger partial charge on any atom is -0.376 e. The lowest BCUT2D eigenvalue weighted by Crippen LogP contribution is -2.33. The van der Waals surface area contributed by atoms with E-state index in [4.69, 9.17) is 21.1 Å². The molecule has 0 fully saturated rings. The number of rotatable bonds is 5. The van der Waals surface area contributed by atoms with Crippen LogP contribution in [0, 0.1) is 6.92 Å². The third kappa shape index (κ3) is 3.37. The minimum absolute atomic E-state index is 0.0225. The number of hydrogen-bond acceptors (Lipinski definition) is 3. The molecule has 0 aliphatic rings. The minimum atomic E-state index is -0.295. The first-order chi connectivity index (χ1) is 7.58. The van der Waals surface area contributed by atoms with Crippen molar-refractivity contribution in [3.63, 3.8) is 0 Å². The van der Waals surface area contributed by atoms with Gasteiger partial charge in [0.15, 0.2) is 6.29 Å². The Bertz CT molecular complexity index is 340. The van der Waals surface area contributed by atoms with Gasteiger partial charge in [-0.1, -0.05) is 17.7 Å². The van der Waals surface area contributed by atoms with E-state index in [0.717, 1.165) is 11.3 Å². The average molecular weight is 244 g/mol. The molecular formula is C12H18ClNO2. The summed E-state index contributed by atoms with van der Waals surface area (Å²) in [7, 11) is 3.23. The Balaban J connectivity index is 2.75. The highest BCUT2D eigenvalue weighted by molar-refractivity contribution is 6.33. The standard InChI is InChI=1S/C12H18ClNO2/c1-8-5-6-10(13)11(7-8)14-9(2)12(15-3)16-4/h5-7,9,12,14H,1-4H3. The molecule has 0 aliphatic heterocycles. The molecule has 4 heteroatoms. The molecule has 1 aromatic rings. The predicted octanol–water partition coefficient (Wildman–Crippen LogP) is 3.07. The van der Waals surface area contributed by atoms with Crippen molar-refractivity contribution in [3.8, 4) is 0 Å². The molecule has 0 amide bonds. The second-order valence-electron chi connectivity index (χ2n) is 3.76. The molecule has 1 aromatic carbocycles. The molecule has 16 heavy (non-hydrogen) atoms. The van der Waals surface area contributed by atoms with Crippen LogP contribution in [0.25, 0.3) is 0 Å². The molecular weight excluding hydrogens is 226 g/mol. The Kier molecular flexibility index (Phi) is 5.06. The van der Waals surface area contributed by atoms with Crippen molar-refractivity contribution in [3.05, 3.63) is 28.8 Å². The van der Waals surface area contributed by atoms with Gasteiger partial charge in [-0.05, 0) is 31.5 Å². The maximum Gasteiger partial charge on any atom is 0.176 e. The van der Waals surface area contributed by atoms with Gasteiger partial charge in [-0.25, -0.2) is 0 Å². The van der Waals surface area contributed by atoms with Crippen LogP contribution in [-0.4, -0.2) is 26.6 Å². The van der Waals surface area contributed by atoms with Gasteiger partial charge in [0, 0.05) is 14.2 Å². The van der Waals surface area contributed by atoms with Gasteiger partial charge in [0.1, 0.15) is 0 Å². The normalized spacial score (nSPS) is 12.9. The third-order valence-corrected chi connectivity index (χ3v) is 2.71. The summed E-state index contributed by atoms with van der Waals surface area (Å²) in [6.07, 6.45) is -0.295. The number of ether oxygens (including phenoxy) is 2. The van der Waals surface area contributed by atoms with Gasteiger partial charge in [0.25, 0.3) is 0 Å². The van der Waals surface area contributed by atoms with Crippen molar-refractivity contribution >= 4 is 17.3 Å². The van der Waals surface area contributed by atoms with Gasteiger partial charge in [-0.3, -0.25) is 0 Å². The maximum atomic E-state index is 6.09. The molecule has 0 spiro atoms. The fourth-order valence-electron chi connectivity index (χ4n) is 1.57. The van der Waals surface area contributed by atoms with E-state index in [9.17, 15) is 0 Å². The number of hydrogen-bond donors (Lipinski definition) is 1. The van der Waals surface area contributed by atoms with Crippen LogP contribution in [0.5, 0.6) is 0 Å². The van der Waals surface area contributed by atoms with Crippen molar-refractivity contribution in [2.75, 3.05) is 19.5 Å². The Labute approximate surface area is 102 Å². The monoisotopic (exact) mass is 243 g/mol. The highest BCUT2D eigenvalue weighted by Crippen LogP contribution is 2.24. The zero-order chi connectivity index (χ0) is 12.1. The highest BCUT2D eigenvalue weighted by Gasteiger charge is 2.16. The van der Waals surface area contributed by atoms with Gasteiger partial charge in [0.05, 0.1) is 16.8 Å². The Morgan fingerprint density at radius 3 is 2.44 bits per heavy atom. The first-order valence-electron chi connectivity index (χ1n) is 5.16. The summed E-state index contributed by atoms with van der Waals surface area (Å²) < 4.78 is 10.4. The molecule has 3 nitrogen and oxygen atoms in total. The van der Waals surface area contributed by atoms with Gasteiger partial charge in [-0.2, -0.15) is 0 Å². The van der Waals surface area contributed by atoms with Crippen LogP contribution in [0.1, 0.15) is 12.5 Å². The number of nitrogens with one attached hydrogen (secondary N) is 1. The molecule has 1 unspecified atom stereocenters. The zero-order valence-electron chi connectivity index (χ0n) is 10.1. The third-order valence-electron chi connectivity index (χ3n) is 2.38. The van der Waals surface area contributed by atoms with Crippen molar-refractivity contribution in [1.29, 1.82) is 0 Å². The SMILES string of the molecule is COC(OC)C(C)Nc1cc(C)ccc1Cl. The molecule has 0 heterocycles. The van der Waals surface area contributed by atoms with Gasteiger partial charge in [0.2, 0.25) is 0 Å². The van der Waals surface area contributed by atoms with Crippen LogP contribution in [0.4, 0.5) is 5.69 Å². The van der Waals surface area contributed by atoms with Gasteiger partial charge >= 0.3 is 0 Å². The van der Waals surface area contributed by atoms with Crippen molar-refractivity contribution in [2.24, 2.45) is 0 Å². The number of methoxy groups -OCH3 is 2. The lowest BCUT2D eigenvalue weighted by molar-refractivity contribution is -0.109. The summed E-state index contributed by atoms with van der Waals surface area (Å²) in [4.78, 5) is 0. The summed E-state index contributed by atoms with van der Waals surface area (Å²) in [5.41, 5.74) is 2.05. The summed E-state index contributed by atoms with van der Waals surface area (Å²) in [5, 5.41) is 3.97. The van der Waals surface area contributed by atoms with Crippen molar-refractivity contribution < 1.29 is 9.47 Å². The van der Waals surface area contributed by atoms with E-state index in [1.54, 1.807) is 14.2 Å². The fraction of sp³-hybridized carbons (Fsp3) is 0.500. The molecule has 0 radical (unpaired) electrons. The van der Waals surface area contributed by atoms with Crippen molar-refractivity contribution in [1.82, 2.24) is 0 Å². The largest absolute Gasteiger partial charge is 0.376 e. The van der Waals surface area contributed by atoms with Gasteiger partial charge < -0.3 is 14.8 Å². The molecule has 0 aliphatic carbocycles. The highest BCUT2D eigenvalue weighted by atomic mass is 35.5. The van der Waals surface area contributed by atoms with Crippen LogP contribution >= 0.6 is 11.6 Å². The molecule has 0 aromatic heterocycles. The zero-order valence-corrected chi connectivity index (χ0v) is 10.8. The van der Waals surface area contributed by atoms with E-state index in [1.807, 2.05) is 32.0 Å². The van der Waals surface area contributed by atoms with E-state index >= 15 is 0 Å². The maximum absolute atomic E-state index is 6.09. The Morgan fingerprint density at radius 2 is 1.88 bits per heavy atom.